The molecule has 1 aliphatic rings. The van der Waals surface area contributed by atoms with Crippen LogP contribution in [0.15, 0.2) is 72.8 Å². The van der Waals surface area contributed by atoms with Gasteiger partial charge in [-0.05, 0) is 54.7 Å². The zero-order chi connectivity index (χ0) is 30.3. The van der Waals surface area contributed by atoms with Crippen LogP contribution in [0.2, 0.25) is 10.0 Å². The van der Waals surface area contributed by atoms with Gasteiger partial charge in [0.05, 0.1) is 17.0 Å². The van der Waals surface area contributed by atoms with Crippen LogP contribution in [0.3, 0.4) is 0 Å². The van der Waals surface area contributed by atoms with Gasteiger partial charge in [-0.15, -0.1) is 0 Å². The van der Waals surface area contributed by atoms with Crippen molar-refractivity contribution in [2.24, 2.45) is 0 Å². The lowest BCUT2D eigenvalue weighted by atomic mass is 9.94. The van der Waals surface area contributed by atoms with Gasteiger partial charge in [0, 0.05) is 24.0 Å². The van der Waals surface area contributed by atoms with Crippen molar-refractivity contribution in [1.29, 1.82) is 0 Å². The first kappa shape index (κ1) is 31.9. The molecule has 0 aromatic heterocycles. The van der Waals surface area contributed by atoms with Gasteiger partial charge in [0.15, 0.2) is 0 Å². The molecule has 2 amide bonds. The van der Waals surface area contributed by atoms with Crippen molar-refractivity contribution in [2.45, 2.75) is 64.1 Å². The van der Waals surface area contributed by atoms with Crippen LogP contribution < -0.4 is 9.62 Å². The molecular weight excluding hydrogens is 593 g/mol. The highest BCUT2D eigenvalue weighted by Gasteiger charge is 2.34. The monoisotopic (exact) mass is 629 g/mol. The number of carbonyl (C=O) groups is 2. The highest BCUT2D eigenvalue weighted by atomic mass is 35.5. The Hall–Kier alpha value is -3.07. The van der Waals surface area contributed by atoms with Gasteiger partial charge in [-0.3, -0.25) is 13.9 Å². The maximum Gasteiger partial charge on any atom is 0.244 e. The standard InChI is InChI=1S/C32H37Cl2N3O4S/c1-23-11-9-10-14-25(23)21-36(31(38)22-37(42(2,40)41)29-20-26(33)17-18-28(29)34)30(19-24-12-5-3-6-13-24)32(39)35-27-15-7-4-8-16-27/h3,5-6,9-14,17-18,20,27,30H,4,7-8,15-16,19,21-22H2,1-2H3,(H,35,39)/t30-/m1/s1. The summed E-state index contributed by atoms with van der Waals surface area (Å²) in [5.41, 5.74) is 2.81. The predicted octanol–water partition coefficient (Wildman–Crippen LogP) is 6.16. The Kier molecular flexibility index (Phi) is 10.9. The number of halogens is 2. The van der Waals surface area contributed by atoms with Crippen LogP contribution in [-0.2, 0) is 32.6 Å². The van der Waals surface area contributed by atoms with Crippen molar-refractivity contribution in [2.75, 3.05) is 17.1 Å². The van der Waals surface area contributed by atoms with Gasteiger partial charge in [0.1, 0.15) is 12.6 Å². The first-order valence-electron chi connectivity index (χ1n) is 14.1. The van der Waals surface area contributed by atoms with E-state index in [0.717, 1.165) is 59.4 Å². The summed E-state index contributed by atoms with van der Waals surface area (Å²) in [5.74, 6) is -0.779. The minimum Gasteiger partial charge on any atom is -0.352 e. The third-order valence-electron chi connectivity index (χ3n) is 7.68. The SMILES string of the molecule is Cc1ccccc1CN(C(=O)CN(c1cc(Cl)ccc1Cl)S(C)(=O)=O)[C@H](Cc1ccccc1)C(=O)NC1CCCCC1. The Morgan fingerprint density at radius 1 is 0.952 bits per heavy atom. The molecule has 0 bridgehead atoms. The molecule has 224 valence electrons. The first-order valence-corrected chi connectivity index (χ1v) is 16.7. The Balaban J connectivity index is 1.75. The van der Waals surface area contributed by atoms with Crippen LogP contribution in [0.5, 0.6) is 0 Å². The third kappa shape index (κ3) is 8.49. The van der Waals surface area contributed by atoms with Crippen LogP contribution in [-0.4, -0.2) is 50.0 Å². The normalized spacial score (nSPS) is 14.7. The highest BCUT2D eigenvalue weighted by Crippen LogP contribution is 2.31. The number of rotatable bonds is 11. The number of benzene rings is 3. The van der Waals surface area contributed by atoms with E-state index < -0.39 is 28.5 Å². The third-order valence-corrected chi connectivity index (χ3v) is 9.36. The van der Waals surface area contributed by atoms with E-state index in [1.165, 1.54) is 17.0 Å². The smallest absolute Gasteiger partial charge is 0.244 e. The van der Waals surface area contributed by atoms with Crippen molar-refractivity contribution in [3.63, 3.8) is 0 Å². The molecule has 3 aromatic carbocycles. The summed E-state index contributed by atoms with van der Waals surface area (Å²) in [7, 11) is -3.95. The van der Waals surface area contributed by atoms with E-state index in [4.69, 9.17) is 23.2 Å². The average molecular weight is 631 g/mol. The van der Waals surface area contributed by atoms with Gasteiger partial charge in [0.25, 0.3) is 0 Å². The molecule has 7 nitrogen and oxygen atoms in total. The number of aryl methyl sites for hydroxylation is 1. The summed E-state index contributed by atoms with van der Waals surface area (Å²) in [6.07, 6.45) is 6.31. The molecule has 0 radical (unpaired) electrons. The summed E-state index contributed by atoms with van der Waals surface area (Å²) in [6, 6.07) is 20.8. The summed E-state index contributed by atoms with van der Waals surface area (Å²) >= 11 is 12.6. The minimum atomic E-state index is -3.95. The minimum absolute atomic E-state index is 0.0396. The van der Waals surface area contributed by atoms with Crippen molar-refractivity contribution in [3.8, 4) is 0 Å². The number of hydrogen-bond donors (Lipinski definition) is 1. The molecule has 1 N–H and O–H groups in total. The second-order valence-corrected chi connectivity index (χ2v) is 13.6. The largest absolute Gasteiger partial charge is 0.352 e. The fraction of sp³-hybridized carbons (Fsp3) is 0.375. The van der Waals surface area contributed by atoms with Crippen molar-refractivity contribution < 1.29 is 18.0 Å². The molecule has 42 heavy (non-hydrogen) atoms. The molecule has 0 saturated heterocycles. The van der Waals surface area contributed by atoms with E-state index in [1.54, 1.807) is 6.07 Å². The van der Waals surface area contributed by atoms with E-state index in [9.17, 15) is 18.0 Å². The fourth-order valence-electron chi connectivity index (χ4n) is 5.34. The zero-order valence-electron chi connectivity index (χ0n) is 23.9. The first-order chi connectivity index (χ1) is 20.0. The lowest BCUT2D eigenvalue weighted by Crippen LogP contribution is -2.55. The molecule has 0 spiro atoms. The quantitative estimate of drug-likeness (QED) is 0.275. The van der Waals surface area contributed by atoms with Gasteiger partial charge in [-0.1, -0.05) is 97.1 Å². The van der Waals surface area contributed by atoms with Crippen LogP contribution >= 0.6 is 23.2 Å². The van der Waals surface area contributed by atoms with Crippen molar-refractivity contribution >= 4 is 50.7 Å². The van der Waals surface area contributed by atoms with E-state index in [1.807, 2.05) is 61.5 Å². The van der Waals surface area contributed by atoms with Crippen molar-refractivity contribution in [1.82, 2.24) is 10.2 Å². The van der Waals surface area contributed by atoms with Gasteiger partial charge in [-0.25, -0.2) is 8.42 Å². The Morgan fingerprint density at radius 2 is 1.62 bits per heavy atom. The molecule has 0 unspecified atom stereocenters. The van der Waals surface area contributed by atoms with Crippen molar-refractivity contribution in [3.05, 3.63) is 99.5 Å². The molecule has 1 atom stereocenters. The summed E-state index contributed by atoms with van der Waals surface area (Å²) in [4.78, 5) is 29.8. The van der Waals surface area contributed by atoms with Gasteiger partial charge in [-0.2, -0.15) is 0 Å². The lowest BCUT2D eigenvalue weighted by molar-refractivity contribution is -0.140. The molecule has 1 fully saturated rings. The van der Waals surface area contributed by atoms with Gasteiger partial charge < -0.3 is 10.2 Å². The summed E-state index contributed by atoms with van der Waals surface area (Å²) in [5, 5.41) is 3.62. The van der Waals surface area contributed by atoms with Gasteiger partial charge in [0.2, 0.25) is 21.8 Å². The average Bonchev–Trinajstić information content (AvgIpc) is 2.96. The number of amides is 2. The van der Waals surface area contributed by atoms with Gasteiger partial charge >= 0.3 is 0 Å². The highest BCUT2D eigenvalue weighted by molar-refractivity contribution is 7.92. The van der Waals surface area contributed by atoms with E-state index in [2.05, 4.69) is 5.32 Å². The second kappa shape index (κ2) is 14.4. The maximum atomic E-state index is 14.3. The van der Waals surface area contributed by atoms with Crippen LogP contribution in [0.1, 0.15) is 48.8 Å². The lowest BCUT2D eigenvalue weighted by Gasteiger charge is -2.35. The number of anilines is 1. The number of hydrogen-bond acceptors (Lipinski definition) is 4. The number of nitrogens with one attached hydrogen (secondary N) is 1. The van der Waals surface area contributed by atoms with E-state index in [-0.39, 0.29) is 40.6 Å². The van der Waals surface area contributed by atoms with Crippen LogP contribution in [0, 0.1) is 6.92 Å². The zero-order valence-corrected chi connectivity index (χ0v) is 26.3. The summed E-state index contributed by atoms with van der Waals surface area (Å²) < 4.78 is 26.9. The number of sulfonamides is 1. The van der Waals surface area contributed by atoms with E-state index >= 15 is 0 Å². The number of nitrogens with zero attached hydrogens (tertiary/aromatic N) is 2. The molecule has 0 aliphatic heterocycles. The topological polar surface area (TPSA) is 86.8 Å². The Labute approximate surface area is 258 Å². The molecule has 1 saturated carbocycles. The summed E-state index contributed by atoms with van der Waals surface area (Å²) in [6.45, 7) is 1.52. The molecule has 0 heterocycles. The fourth-order valence-corrected chi connectivity index (χ4v) is 6.63. The molecule has 3 aromatic rings. The van der Waals surface area contributed by atoms with Crippen LogP contribution in [0.4, 0.5) is 5.69 Å². The van der Waals surface area contributed by atoms with E-state index in [0.29, 0.717) is 0 Å². The Morgan fingerprint density at radius 3 is 2.29 bits per heavy atom. The Bertz CT molecular complexity index is 1490. The molecular formula is C32H37Cl2N3O4S. The maximum absolute atomic E-state index is 14.3. The second-order valence-electron chi connectivity index (χ2n) is 10.9. The van der Waals surface area contributed by atoms with Crippen LogP contribution in [0.25, 0.3) is 0 Å². The molecule has 10 heteroatoms. The predicted molar refractivity (Wildman–Crippen MR) is 169 cm³/mol. The molecule has 4 rings (SSSR count). The molecule has 1 aliphatic carbocycles. The number of carbonyl (C=O) groups excluding carboxylic acids is 2.